The van der Waals surface area contributed by atoms with Crippen LogP contribution in [0.15, 0.2) is 67.0 Å². The molecule has 1 saturated carbocycles. The van der Waals surface area contributed by atoms with Gasteiger partial charge < -0.3 is 24.8 Å². The quantitative estimate of drug-likeness (QED) is 0.381. The summed E-state index contributed by atoms with van der Waals surface area (Å²) >= 11 is 6.76. The Balaban J connectivity index is 1.41. The van der Waals surface area contributed by atoms with Crippen molar-refractivity contribution in [3.05, 3.63) is 83.7 Å². The molecule has 1 aliphatic carbocycles. The maximum Gasteiger partial charge on any atom is 0.268 e. The van der Waals surface area contributed by atoms with Crippen LogP contribution in [0.3, 0.4) is 0 Å². The molecular weight excluding hydrogens is 556 g/mol. The highest BCUT2D eigenvalue weighted by Gasteiger charge is 2.53. The molecule has 5 rings (SSSR count). The van der Waals surface area contributed by atoms with Crippen molar-refractivity contribution in [1.82, 2.24) is 10.3 Å². The number of carbonyl (C=O) groups excluding carboxylic acids is 2. The van der Waals surface area contributed by atoms with Crippen LogP contribution in [-0.2, 0) is 10.4 Å². The van der Waals surface area contributed by atoms with Gasteiger partial charge in [-0.3, -0.25) is 14.6 Å². The van der Waals surface area contributed by atoms with Gasteiger partial charge in [0.05, 0.1) is 25.5 Å². The van der Waals surface area contributed by atoms with E-state index in [1.807, 2.05) is 0 Å². The zero-order chi connectivity index (χ0) is 29.3. The van der Waals surface area contributed by atoms with Crippen LogP contribution in [0.5, 0.6) is 11.5 Å². The second kappa shape index (κ2) is 11.6. The number of alkyl halides is 3. The monoisotopic (exact) mass is 585 g/mol. The van der Waals surface area contributed by atoms with Gasteiger partial charge in [-0.2, -0.15) is 0 Å². The number of ether oxygens (including phenoxy) is 2. The molecule has 2 aromatic carbocycles. The number of methoxy groups -OCH3 is 2. The number of fused-ring (bicyclic) bond motifs is 1. The Morgan fingerprint density at radius 2 is 1.85 bits per heavy atom. The molecular formula is C30H30ClF2N3O5. The van der Waals surface area contributed by atoms with Crippen molar-refractivity contribution in [3.8, 4) is 11.5 Å². The van der Waals surface area contributed by atoms with Crippen molar-refractivity contribution in [2.45, 2.75) is 36.3 Å². The maximum absolute atomic E-state index is 14.3. The molecule has 1 aliphatic heterocycles. The fourth-order valence-electron chi connectivity index (χ4n) is 5.80. The zero-order valence-electron chi connectivity index (χ0n) is 22.5. The summed E-state index contributed by atoms with van der Waals surface area (Å²) in [6, 6.07) is 13.9. The van der Waals surface area contributed by atoms with Gasteiger partial charge in [0.1, 0.15) is 11.5 Å². The summed E-state index contributed by atoms with van der Waals surface area (Å²) < 4.78 is 39.3. The number of nitrogens with one attached hydrogen (secondary N) is 1. The van der Waals surface area contributed by atoms with Crippen molar-refractivity contribution in [1.29, 1.82) is 0 Å². The molecule has 2 N–H and O–H groups in total. The Hall–Kier alpha value is -3.76. The largest absolute Gasteiger partial charge is 0.497 e. The average Bonchev–Trinajstić information content (AvgIpc) is 3.20. The fourth-order valence-corrected chi connectivity index (χ4v) is 6.17. The number of benzene rings is 2. The lowest BCUT2D eigenvalue weighted by Crippen LogP contribution is -2.52. The van der Waals surface area contributed by atoms with Crippen LogP contribution in [-0.4, -0.2) is 60.5 Å². The first-order valence-electron chi connectivity index (χ1n) is 13.2. The highest BCUT2D eigenvalue weighted by atomic mass is 35.5. The highest BCUT2D eigenvalue weighted by molar-refractivity contribution is 6.21. The molecule has 41 heavy (non-hydrogen) atoms. The molecule has 2 aliphatic rings. The summed E-state index contributed by atoms with van der Waals surface area (Å²) in [6.45, 7) is 0.0138. The second-order valence-electron chi connectivity index (χ2n) is 10.3. The van der Waals surface area contributed by atoms with E-state index in [1.54, 1.807) is 54.6 Å². The van der Waals surface area contributed by atoms with E-state index < -0.39 is 47.1 Å². The lowest BCUT2D eigenvalue weighted by molar-refractivity contribution is -0.132. The number of halogens is 3. The molecule has 0 bridgehead atoms. The van der Waals surface area contributed by atoms with Gasteiger partial charge >= 0.3 is 0 Å². The lowest BCUT2D eigenvalue weighted by atomic mass is 9.77. The minimum atomic E-state index is -2.72. The van der Waals surface area contributed by atoms with Crippen molar-refractivity contribution in [3.63, 3.8) is 0 Å². The van der Waals surface area contributed by atoms with E-state index >= 15 is 0 Å². The first-order chi connectivity index (χ1) is 19.7. The number of pyridine rings is 1. The summed E-state index contributed by atoms with van der Waals surface area (Å²) in [6.07, 6.45) is 0.229. The smallest absolute Gasteiger partial charge is 0.268 e. The molecule has 2 amide bonds. The second-order valence-corrected chi connectivity index (χ2v) is 10.9. The van der Waals surface area contributed by atoms with E-state index in [4.69, 9.17) is 21.1 Å². The molecule has 5 atom stereocenters. The summed E-state index contributed by atoms with van der Waals surface area (Å²) in [4.78, 5) is 32.0. The Morgan fingerprint density at radius 3 is 2.49 bits per heavy atom. The third-order valence-corrected chi connectivity index (χ3v) is 8.51. The van der Waals surface area contributed by atoms with Gasteiger partial charge in [0.15, 0.2) is 5.60 Å². The summed E-state index contributed by atoms with van der Waals surface area (Å²) in [5, 5.41) is 14.1. The number of para-hydroxylation sites is 1. The molecule has 2 heterocycles. The minimum Gasteiger partial charge on any atom is -0.497 e. The zero-order valence-corrected chi connectivity index (χ0v) is 23.2. The molecule has 3 aromatic rings. The van der Waals surface area contributed by atoms with Crippen LogP contribution in [0.25, 0.3) is 0 Å². The lowest BCUT2D eigenvalue weighted by Gasteiger charge is -2.40. The number of anilines is 1. The van der Waals surface area contributed by atoms with Crippen molar-refractivity contribution in [2.75, 3.05) is 25.7 Å². The van der Waals surface area contributed by atoms with Crippen LogP contribution in [0.2, 0.25) is 0 Å². The normalized spacial score (nSPS) is 25.6. The molecule has 0 saturated heterocycles. The SMILES string of the molecule is COc1cc(OC)cc([C@]2(O)C(=O)N(C[C@H]3C[C@@H](C(F)F)[C@H](NC(=O)c4cccnc4)C[C@H]3Cl)c3ccccc32)c1. The van der Waals surface area contributed by atoms with Gasteiger partial charge in [0.2, 0.25) is 6.43 Å². The van der Waals surface area contributed by atoms with E-state index in [2.05, 4.69) is 10.3 Å². The van der Waals surface area contributed by atoms with Crippen LogP contribution in [0.1, 0.15) is 34.3 Å². The first-order valence-corrected chi connectivity index (χ1v) is 13.6. The van der Waals surface area contributed by atoms with E-state index in [-0.39, 0.29) is 30.5 Å². The van der Waals surface area contributed by atoms with Crippen LogP contribution < -0.4 is 19.7 Å². The number of hydrogen-bond acceptors (Lipinski definition) is 6. The molecule has 8 nitrogen and oxygen atoms in total. The Kier molecular flexibility index (Phi) is 8.15. The minimum absolute atomic E-state index is 0.0138. The Morgan fingerprint density at radius 1 is 1.15 bits per heavy atom. The van der Waals surface area contributed by atoms with E-state index in [1.165, 1.54) is 31.5 Å². The number of aromatic nitrogens is 1. The fraction of sp³-hybridized carbons (Fsp3) is 0.367. The van der Waals surface area contributed by atoms with Gasteiger partial charge in [-0.05, 0) is 49.1 Å². The van der Waals surface area contributed by atoms with Crippen molar-refractivity contribution < 1.29 is 33.0 Å². The molecule has 216 valence electrons. The van der Waals surface area contributed by atoms with Crippen molar-refractivity contribution >= 4 is 29.1 Å². The average molecular weight is 586 g/mol. The van der Waals surface area contributed by atoms with E-state index in [0.29, 0.717) is 22.7 Å². The van der Waals surface area contributed by atoms with Crippen LogP contribution in [0, 0.1) is 11.8 Å². The summed E-state index contributed by atoms with van der Waals surface area (Å²) in [5.41, 5.74) is -0.720. The van der Waals surface area contributed by atoms with Gasteiger partial charge in [-0.15, -0.1) is 11.6 Å². The predicted octanol–water partition coefficient (Wildman–Crippen LogP) is 4.38. The first kappa shape index (κ1) is 28.8. The number of amides is 2. The molecule has 1 fully saturated rings. The molecule has 1 aromatic heterocycles. The molecule has 0 radical (unpaired) electrons. The van der Waals surface area contributed by atoms with Crippen LogP contribution >= 0.6 is 11.6 Å². The topological polar surface area (TPSA) is 101 Å². The van der Waals surface area contributed by atoms with Gasteiger partial charge in [-0.25, -0.2) is 8.78 Å². The maximum atomic E-state index is 14.3. The third kappa shape index (κ3) is 5.34. The van der Waals surface area contributed by atoms with Gasteiger partial charge in [-0.1, -0.05) is 18.2 Å². The third-order valence-electron chi connectivity index (χ3n) is 7.97. The Labute approximate surface area is 241 Å². The number of nitrogens with zero attached hydrogens (tertiary/aromatic N) is 2. The van der Waals surface area contributed by atoms with E-state index in [0.717, 1.165) is 0 Å². The number of carbonyl (C=O) groups is 2. The summed E-state index contributed by atoms with van der Waals surface area (Å²) in [7, 11) is 2.93. The number of aliphatic hydroxyl groups is 1. The predicted molar refractivity (Wildman–Crippen MR) is 149 cm³/mol. The molecule has 11 heteroatoms. The number of hydrogen-bond donors (Lipinski definition) is 2. The van der Waals surface area contributed by atoms with Crippen molar-refractivity contribution in [2.24, 2.45) is 11.8 Å². The van der Waals surface area contributed by atoms with Crippen LogP contribution in [0.4, 0.5) is 14.5 Å². The number of rotatable bonds is 8. The highest BCUT2D eigenvalue weighted by Crippen LogP contribution is 2.47. The van der Waals surface area contributed by atoms with Gasteiger partial charge in [0, 0.05) is 53.5 Å². The van der Waals surface area contributed by atoms with E-state index in [9.17, 15) is 23.5 Å². The van der Waals surface area contributed by atoms with Gasteiger partial charge in [0.25, 0.3) is 11.8 Å². The Bertz CT molecular complexity index is 1410. The standard InChI is InChI=1S/C30H30ClF2N3O5/c1-40-20-11-19(12-21(13-20)41-2)30(39)23-7-3-4-8-26(23)36(29(30)38)16-18-10-22(27(32)33)25(14-24(18)31)35-28(37)17-6-5-9-34-15-17/h3-9,11-13,15,18,22,24-25,27,39H,10,14,16H2,1-2H3,(H,35,37)/t18-,22-,24-,25-,30-/m1/s1. The molecule has 0 spiro atoms. The molecule has 0 unspecified atom stereocenters. The summed E-state index contributed by atoms with van der Waals surface area (Å²) in [5.74, 6) is -2.05.